The minimum Gasteiger partial charge on any atom is -0.309 e. The highest BCUT2D eigenvalue weighted by Crippen LogP contribution is 2.41. The highest BCUT2D eigenvalue weighted by Gasteiger charge is 2.22. The first kappa shape index (κ1) is 26.1. The van der Waals surface area contributed by atoms with Crippen molar-refractivity contribution in [3.05, 3.63) is 150 Å². The van der Waals surface area contributed by atoms with Gasteiger partial charge in [0, 0.05) is 27.2 Å². The lowest BCUT2D eigenvalue weighted by Gasteiger charge is -2.16. The van der Waals surface area contributed by atoms with Crippen LogP contribution in [0.25, 0.3) is 72.2 Å². The van der Waals surface area contributed by atoms with Crippen molar-refractivity contribution in [2.45, 2.75) is 12.8 Å². The second-order valence-corrected chi connectivity index (χ2v) is 11.9. The maximum absolute atomic E-state index is 10.5. The molecule has 0 N–H and O–H groups in total. The van der Waals surface area contributed by atoms with Gasteiger partial charge >= 0.3 is 0 Å². The second-order valence-electron chi connectivity index (χ2n) is 11.9. The van der Waals surface area contributed by atoms with E-state index in [9.17, 15) is 10.5 Å². The van der Waals surface area contributed by atoms with Gasteiger partial charge in [0.05, 0.1) is 38.9 Å². The maximum atomic E-state index is 10.5. The molecular weight excluding hydrogens is 560 g/mol. The van der Waals surface area contributed by atoms with Gasteiger partial charge in [-0.3, -0.25) is 0 Å². The van der Waals surface area contributed by atoms with Gasteiger partial charge < -0.3 is 9.13 Å². The fourth-order valence-corrected chi connectivity index (χ4v) is 7.42. The summed E-state index contributed by atoms with van der Waals surface area (Å²) < 4.78 is 4.40. The molecule has 2 heterocycles. The first-order chi connectivity index (χ1) is 22.7. The summed E-state index contributed by atoms with van der Waals surface area (Å²) >= 11 is 0. The molecule has 0 radical (unpaired) electrons. The van der Waals surface area contributed by atoms with Gasteiger partial charge in [0.25, 0.3) is 0 Å². The third-order valence-electron chi connectivity index (χ3n) is 9.45. The highest BCUT2D eigenvalue weighted by molar-refractivity contribution is 6.14. The van der Waals surface area contributed by atoms with Crippen LogP contribution in [0.3, 0.4) is 0 Å². The lowest BCUT2D eigenvalue weighted by molar-refractivity contribution is 0.989. The Kier molecular flexibility index (Phi) is 5.72. The Balaban J connectivity index is 1.40. The van der Waals surface area contributed by atoms with Crippen molar-refractivity contribution < 1.29 is 0 Å². The molecule has 0 bridgehead atoms. The van der Waals surface area contributed by atoms with Gasteiger partial charge in [-0.1, -0.05) is 91.0 Å². The number of aryl methyl sites for hydroxylation is 1. The average Bonchev–Trinajstić information content (AvgIpc) is 3.64. The van der Waals surface area contributed by atoms with Crippen molar-refractivity contribution in [1.82, 2.24) is 9.13 Å². The molecule has 1 aliphatic rings. The second kappa shape index (κ2) is 10.1. The fourth-order valence-electron chi connectivity index (χ4n) is 7.42. The number of nitriles is 2. The summed E-state index contributed by atoms with van der Waals surface area (Å²) in [6.45, 7) is 0. The summed E-state index contributed by atoms with van der Waals surface area (Å²) in [6, 6.07) is 46.8. The lowest BCUT2D eigenvalue weighted by Crippen LogP contribution is -2.04. The van der Waals surface area contributed by atoms with Gasteiger partial charge in [0.2, 0.25) is 0 Å². The zero-order valence-corrected chi connectivity index (χ0v) is 24.9. The maximum Gasteiger partial charge on any atom is 0.103 e. The van der Waals surface area contributed by atoms with E-state index in [1.807, 2.05) is 36.4 Å². The number of hydrogen-bond acceptors (Lipinski definition) is 2. The Bertz CT molecular complexity index is 2600. The first-order valence-corrected chi connectivity index (χ1v) is 15.5. The summed E-state index contributed by atoms with van der Waals surface area (Å²) in [6.07, 6.45) is 6.58. The van der Waals surface area contributed by atoms with Crippen LogP contribution in [0.15, 0.2) is 127 Å². The molecule has 0 aliphatic heterocycles. The third-order valence-corrected chi connectivity index (χ3v) is 9.45. The molecular formula is C42H26N4. The SMILES string of the molecule is N#Cc1cc(-n2c3ccc(-c4ccccc4)cc3c3c4c(ccc32)CCC=C4)cc(-n2c3ccccc3c3ccccc32)c1C#N. The Morgan fingerprint density at radius 1 is 0.565 bits per heavy atom. The van der Waals surface area contributed by atoms with E-state index in [1.165, 1.54) is 27.5 Å². The third kappa shape index (κ3) is 3.71. The standard InChI is InChI=1S/C42H26N4/c43-25-30-22-31(24-41(36(30)26-44)46-37-16-8-6-14-33(37)34-15-7-9-17-38(34)46)45-39-20-19-29(27-10-2-1-3-11-27)23-35(39)42-32-13-5-4-12-28(32)18-21-40(42)45/h1-3,5-11,13-24H,4,12H2. The van der Waals surface area contributed by atoms with Crippen LogP contribution < -0.4 is 0 Å². The lowest BCUT2D eigenvalue weighted by atomic mass is 9.92. The van der Waals surface area contributed by atoms with Crippen LogP contribution in [0.5, 0.6) is 0 Å². The highest BCUT2D eigenvalue weighted by atomic mass is 15.0. The van der Waals surface area contributed by atoms with Gasteiger partial charge in [-0.15, -0.1) is 0 Å². The Labute approximate surface area is 265 Å². The molecule has 214 valence electrons. The smallest absolute Gasteiger partial charge is 0.103 e. The predicted octanol–water partition coefficient (Wildman–Crippen LogP) is 10.3. The van der Waals surface area contributed by atoms with Crippen molar-refractivity contribution in [2.75, 3.05) is 0 Å². The van der Waals surface area contributed by atoms with Crippen LogP contribution in [0.1, 0.15) is 28.7 Å². The summed E-state index contributed by atoms with van der Waals surface area (Å²) in [7, 11) is 0. The minimum absolute atomic E-state index is 0.352. The van der Waals surface area contributed by atoms with Gasteiger partial charge in [-0.2, -0.15) is 10.5 Å². The molecule has 6 aromatic carbocycles. The van der Waals surface area contributed by atoms with E-state index >= 15 is 0 Å². The first-order valence-electron chi connectivity index (χ1n) is 15.5. The van der Waals surface area contributed by atoms with E-state index < -0.39 is 0 Å². The van der Waals surface area contributed by atoms with E-state index in [0.29, 0.717) is 16.8 Å². The molecule has 0 atom stereocenters. The number of rotatable bonds is 3. The van der Waals surface area contributed by atoms with Crippen molar-refractivity contribution in [2.24, 2.45) is 0 Å². The van der Waals surface area contributed by atoms with E-state index in [4.69, 9.17) is 0 Å². The van der Waals surface area contributed by atoms with Crippen LogP contribution in [0, 0.1) is 22.7 Å². The van der Waals surface area contributed by atoms with Crippen molar-refractivity contribution in [3.8, 4) is 34.6 Å². The van der Waals surface area contributed by atoms with Gasteiger partial charge in [0.15, 0.2) is 0 Å². The van der Waals surface area contributed by atoms with Crippen LogP contribution >= 0.6 is 0 Å². The molecule has 4 nitrogen and oxygen atoms in total. The molecule has 0 saturated heterocycles. The molecule has 0 amide bonds. The van der Waals surface area contributed by atoms with Crippen LogP contribution in [0.2, 0.25) is 0 Å². The van der Waals surface area contributed by atoms with E-state index in [-0.39, 0.29) is 0 Å². The number of fused-ring (bicyclic) bond motifs is 8. The Morgan fingerprint density at radius 2 is 1.26 bits per heavy atom. The van der Waals surface area contributed by atoms with E-state index in [2.05, 4.69) is 118 Å². The summed E-state index contributed by atoms with van der Waals surface area (Å²) in [5, 5.41) is 25.5. The number of allylic oxidation sites excluding steroid dienone is 1. The monoisotopic (exact) mass is 586 g/mol. The topological polar surface area (TPSA) is 57.4 Å². The van der Waals surface area contributed by atoms with Crippen molar-refractivity contribution in [1.29, 1.82) is 10.5 Å². The molecule has 2 aromatic heterocycles. The molecule has 0 unspecified atom stereocenters. The minimum atomic E-state index is 0.352. The summed E-state index contributed by atoms with van der Waals surface area (Å²) in [4.78, 5) is 0. The Hall–Kier alpha value is -6.36. The van der Waals surface area contributed by atoms with Crippen LogP contribution in [-0.2, 0) is 6.42 Å². The van der Waals surface area contributed by atoms with Crippen LogP contribution in [-0.4, -0.2) is 9.13 Å². The molecule has 46 heavy (non-hydrogen) atoms. The van der Waals surface area contributed by atoms with Crippen LogP contribution in [0.4, 0.5) is 0 Å². The average molecular weight is 587 g/mol. The Morgan fingerprint density at radius 3 is 2.00 bits per heavy atom. The molecule has 8 aromatic rings. The van der Waals surface area contributed by atoms with Gasteiger partial charge in [0.1, 0.15) is 12.1 Å². The zero-order chi connectivity index (χ0) is 30.8. The largest absolute Gasteiger partial charge is 0.309 e. The molecule has 9 rings (SSSR count). The summed E-state index contributed by atoms with van der Waals surface area (Å²) in [5.41, 5.74) is 11.3. The van der Waals surface area contributed by atoms with E-state index in [0.717, 1.165) is 56.9 Å². The van der Waals surface area contributed by atoms with Crippen molar-refractivity contribution >= 4 is 49.7 Å². The number of para-hydroxylation sites is 2. The van der Waals surface area contributed by atoms with Gasteiger partial charge in [-0.05, 0) is 77.6 Å². The molecule has 0 saturated carbocycles. The fraction of sp³-hybridized carbons (Fsp3) is 0.0476. The number of hydrogen-bond donors (Lipinski definition) is 0. The number of nitrogens with zero attached hydrogens (tertiary/aromatic N) is 4. The van der Waals surface area contributed by atoms with Gasteiger partial charge in [-0.25, -0.2) is 0 Å². The zero-order valence-electron chi connectivity index (χ0n) is 24.9. The van der Waals surface area contributed by atoms with E-state index in [1.54, 1.807) is 0 Å². The molecule has 0 fully saturated rings. The molecule has 4 heteroatoms. The normalized spacial score (nSPS) is 12.5. The quantitative estimate of drug-likeness (QED) is 0.207. The molecule has 0 spiro atoms. The predicted molar refractivity (Wildman–Crippen MR) is 187 cm³/mol. The van der Waals surface area contributed by atoms with Crippen molar-refractivity contribution in [3.63, 3.8) is 0 Å². The molecule has 1 aliphatic carbocycles. The summed E-state index contributed by atoms with van der Waals surface area (Å²) in [5.74, 6) is 0. The number of benzene rings is 6. The number of aromatic nitrogens is 2.